The van der Waals surface area contributed by atoms with Crippen LogP contribution in [-0.2, 0) is 0 Å². The summed E-state index contributed by atoms with van der Waals surface area (Å²) in [6.45, 7) is 2.27. The highest BCUT2D eigenvalue weighted by Crippen LogP contribution is 2.25. The van der Waals surface area contributed by atoms with E-state index in [4.69, 9.17) is 5.11 Å². The first-order chi connectivity index (χ1) is 7.86. The van der Waals surface area contributed by atoms with E-state index >= 15 is 0 Å². The Bertz CT molecular complexity index is 235. The maximum atomic E-state index is 12.3. The van der Waals surface area contributed by atoms with E-state index in [9.17, 15) is 13.2 Å². The fraction of sp³-hybridized carbons (Fsp3) is 1.00. The average Bonchev–Trinajstić information content (AvgIpc) is 2.27. The van der Waals surface area contributed by atoms with Crippen molar-refractivity contribution in [1.29, 1.82) is 0 Å². The predicted octanol–water partition coefficient (Wildman–Crippen LogP) is 1.37. The second kappa shape index (κ2) is 6.02. The van der Waals surface area contributed by atoms with Gasteiger partial charge in [-0.25, -0.2) is 0 Å². The van der Waals surface area contributed by atoms with Crippen LogP contribution in [0.25, 0.3) is 0 Å². The Morgan fingerprint density at radius 3 is 2.59 bits per heavy atom. The molecule has 0 amide bonds. The molecule has 6 heteroatoms. The lowest BCUT2D eigenvalue weighted by Crippen LogP contribution is -2.54. The van der Waals surface area contributed by atoms with Crippen molar-refractivity contribution in [3.05, 3.63) is 0 Å². The summed E-state index contributed by atoms with van der Waals surface area (Å²) in [5.74, 6) is 0. The van der Waals surface area contributed by atoms with Gasteiger partial charge >= 0.3 is 6.18 Å². The Hall–Kier alpha value is -0.330. The molecular weight excluding hydrogens is 233 g/mol. The van der Waals surface area contributed by atoms with Gasteiger partial charge in [0, 0.05) is 18.6 Å². The zero-order valence-corrected chi connectivity index (χ0v) is 10.3. The zero-order valence-electron chi connectivity index (χ0n) is 10.3. The van der Waals surface area contributed by atoms with E-state index < -0.39 is 12.3 Å². The summed E-state index contributed by atoms with van der Waals surface area (Å²) in [5, 5.41) is 12.2. The first-order valence-electron chi connectivity index (χ1n) is 6.02. The predicted molar refractivity (Wildman–Crippen MR) is 59.8 cm³/mol. The van der Waals surface area contributed by atoms with E-state index in [1.807, 2.05) is 6.92 Å². The molecule has 0 aromatic rings. The highest BCUT2D eigenvalue weighted by Gasteiger charge is 2.41. The molecular formula is C11H21F3N2O. The zero-order chi connectivity index (χ0) is 13.1. The normalized spacial score (nSPS) is 26.8. The van der Waals surface area contributed by atoms with E-state index in [1.54, 1.807) is 11.9 Å². The van der Waals surface area contributed by atoms with Crippen LogP contribution in [-0.4, -0.2) is 54.5 Å². The molecule has 1 heterocycles. The molecule has 1 rings (SSSR count). The summed E-state index contributed by atoms with van der Waals surface area (Å²) < 4.78 is 37.0. The SMILES string of the molecule is CNC(C)C1CCCCN1CC(O)C(F)(F)F. The van der Waals surface area contributed by atoms with Gasteiger partial charge in [-0.3, -0.25) is 4.90 Å². The third-order valence-electron chi connectivity index (χ3n) is 3.48. The lowest BCUT2D eigenvalue weighted by atomic mass is 9.96. The van der Waals surface area contributed by atoms with Gasteiger partial charge < -0.3 is 10.4 Å². The molecule has 102 valence electrons. The van der Waals surface area contributed by atoms with Crippen molar-refractivity contribution < 1.29 is 18.3 Å². The van der Waals surface area contributed by atoms with Gasteiger partial charge in [0.1, 0.15) is 0 Å². The van der Waals surface area contributed by atoms with E-state index in [-0.39, 0.29) is 18.6 Å². The number of aliphatic hydroxyl groups excluding tert-OH is 1. The Morgan fingerprint density at radius 2 is 2.06 bits per heavy atom. The number of aliphatic hydroxyl groups is 1. The second-order valence-electron chi connectivity index (χ2n) is 4.69. The van der Waals surface area contributed by atoms with Crippen molar-refractivity contribution in [2.75, 3.05) is 20.1 Å². The summed E-state index contributed by atoms with van der Waals surface area (Å²) in [6.07, 6.45) is -3.95. The molecule has 3 unspecified atom stereocenters. The molecule has 0 aromatic heterocycles. The third-order valence-corrected chi connectivity index (χ3v) is 3.48. The second-order valence-corrected chi connectivity index (χ2v) is 4.69. The highest BCUT2D eigenvalue weighted by atomic mass is 19.4. The van der Waals surface area contributed by atoms with Gasteiger partial charge in [0.2, 0.25) is 0 Å². The summed E-state index contributed by atoms with van der Waals surface area (Å²) in [7, 11) is 1.80. The number of rotatable bonds is 4. The summed E-state index contributed by atoms with van der Waals surface area (Å²) in [4.78, 5) is 1.75. The lowest BCUT2D eigenvalue weighted by Gasteiger charge is -2.40. The average molecular weight is 254 g/mol. The number of nitrogens with zero attached hydrogens (tertiary/aromatic N) is 1. The van der Waals surface area contributed by atoms with Gasteiger partial charge in [0.05, 0.1) is 0 Å². The van der Waals surface area contributed by atoms with Gasteiger partial charge in [0.25, 0.3) is 0 Å². The van der Waals surface area contributed by atoms with Gasteiger partial charge in [-0.2, -0.15) is 13.2 Å². The molecule has 1 fully saturated rings. The first-order valence-corrected chi connectivity index (χ1v) is 6.02. The number of likely N-dealkylation sites (N-methyl/N-ethyl adjacent to an activating group) is 1. The van der Waals surface area contributed by atoms with Gasteiger partial charge in [-0.1, -0.05) is 6.42 Å². The van der Waals surface area contributed by atoms with Gasteiger partial charge in [0.15, 0.2) is 6.10 Å². The quantitative estimate of drug-likeness (QED) is 0.795. The summed E-state index contributed by atoms with van der Waals surface area (Å²) >= 11 is 0. The molecule has 1 saturated heterocycles. The number of alkyl halides is 3. The number of hydrogen-bond acceptors (Lipinski definition) is 3. The molecule has 3 atom stereocenters. The summed E-state index contributed by atoms with van der Waals surface area (Å²) in [5.41, 5.74) is 0. The van der Waals surface area contributed by atoms with Crippen LogP contribution in [0.3, 0.4) is 0 Å². The number of nitrogens with one attached hydrogen (secondary N) is 1. The number of β-amino-alcohol motifs (C(OH)–C–C–N with tert-alkyl or cyclic N) is 1. The number of hydrogen-bond donors (Lipinski definition) is 2. The molecule has 0 radical (unpaired) electrons. The fourth-order valence-corrected chi connectivity index (χ4v) is 2.33. The van der Waals surface area contributed by atoms with Crippen molar-refractivity contribution in [2.24, 2.45) is 0 Å². The largest absolute Gasteiger partial charge is 0.415 e. The molecule has 0 aliphatic carbocycles. The molecule has 2 N–H and O–H groups in total. The smallest absolute Gasteiger partial charge is 0.382 e. The van der Waals surface area contributed by atoms with Crippen molar-refractivity contribution in [3.63, 3.8) is 0 Å². The molecule has 0 saturated carbocycles. The molecule has 0 spiro atoms. The fourth-order valence-electron chi connectivity index (χ4n) is 2.33. The third kappa shape index (κ3) is 4.12. The topological polar surface area (TPSA) is 35.5 Å². The van der Waals surface area contributed by atoms with E-state index in [0.717, 1.165) is 19.3 Å². The van der Waals surface area contributed by atoms with E-state index in [1.165, 1.54) is 0 Å². The van der Waals surface area contributed by atoms with E-state index in [2.05, 4.69) is 5.32 Å². The molecule has 17 heavy (non-hydrogen) atoms. The lowest BCUT2D eigenvalue weighted by molar-refractivity contribution is -0.210. The van der Waals surface area contributed by atoms with Crippen molar-refractivity contribution in [3.8, 4) is 0 Å². The number of halogens is 3. The van der Waals surface area contributed by atoms with Crippen LogP contribution in [0.15, 0.2) is 0 Å². The molecule has 3 nitrogen and oxygen atoms in total. The van der Waals surface area contributed by atoms with Crippen molar-refractivity contribution >= 4 is 0 Å². The molecule has 1 aliphatic heterocycles. The van der Waals surface area contributed by atoms with Gasteiger partial charge in [-0.05, 0) is 33.4 Å². The van der Waals surface area contributed by atoms with Crippen LogP contribution in [0.4, 0.5) is 13.2 Å². The van der Waals surface area contributed by atoms with Crippen LogP contribution in [0.2, 0.25) is 0 Å². The maximum absolute atomic E-state index is 12.3. The Morgan fingerprint density at radius 1 is 1.41 bits per heavy atom. The molecule has 0 bridgehead atoms. The minimum absolute atomic E-state index is 0.0748. The van der Waals surface area contributed by atoms with Crippen LogP contribution in [0.1, 0.15) is 26.2 Å². The Balaban J connectivity index is 2.59. The molecule has 1 aliphatic rings. The van der Waals surface area contributed by atoms with Gasteiger partial charge in [-0.15, -0.1) is 0 Å². The standard InChI is InChI=1S/C11H21F3N2O/c1-8(15-2)9-5-3-4-6-16(9)7-10(17)11(12,13)14/h8-10,15,17H,3-7H2,1-2H3. The van der Waals surface area contributed by atoms with Crippen LogP contribution < -0.4 is 5.32 Å². The highest BCUT2D eigenvalue weighted by molar-refractivity contribution is 4.86. The Kier molecular flexibility index (Phi) is 5.22. The van der Waals surface area contributed by atoms with E-state index in [0.29, 0.717) is 6.54 Å². The number of piperidine rings is 1. The maximum Gasteiger partial charge on any atom is 0.415 e. The van der Waals surface area contributed by atoms with Crippen molar-refractivity contribution in [2.45, 2.75) is 50.6 Å². The number of likely N-dealkylation sites (tertiary alicyclic amines) is 1. The van der Waals surface area contributed by atoms with Crippen LogP contribution >= 0.6 is 0 Å². The van der Waals surface area contributed by atoms with Crippen molar-refractivity contribution in [1.82, 2.24) is 10.2 Å². The van der Waals surface area contributed by atoms with Crippen LogP contribution in [0.5, 0.6) is 0 Å². The molecule has 0 aromatic carbocycles. The minimum atomic E-state index is -4.52. The summed E-state index contributed by atoms with van der Waals surface area (Å²) in [6, 6.07) is 0.210. The monoisotopic (exact) mass is 254 g/mol. The Labute approximate surface area is 100.0 Å². The first kappa shape index (κ1) is 14.7. The van der Waals surface area contributed by atoms with Crippen LogP contribution in [0, 0.1) is 0 Å². The minimum Gasteiger partial charge on any atom is -0.382 e.